The number of hydrogen-bond donors (Lipinski definition) is 1. The van der Waals surface area contributed by atoms with Gasteiger partial charge in [-0.25, -0.2) is 0 Å². The molecule has 0 saturated carbocycles. The molecule has 2 rings (SSSR count). The Morgan fingerprint density at radius 2 is 2.05 bits per heavy atom. The number of benzene rings is 1. The van der Waals surface area contributed by atoms with Crippen LogP contribution >= 0.6 is 0 Å². The Labute approximate surface area is 133 Å². The monoisotopic (exact) mass is 302 g/mol. The summed E-state index contributed by atoms with van der Waals surface area (Å²) in [7, 11) is 0. The van der Waals surface area contributed by atoms with Crippen molar-refractivity contribution in [2.24, 2.45) is 0 Å². The third-order valence-corrected chi connectivity index (χ3v) is 4.27. The van der Waals surface area contributed by atoms with Crippen molar-refractivity contribution in [3.63, 3.8) is 0 Å². The summed E-state index contributed by atoms with van der Waals surface area (Å²) >= 11 is 0. The molecule has 1 N–H and O–H groups in total. The molecule has 4 nitrogen and oxygen atoms in total. The molecule has 22 heavy (non-hydrogen) atoms. The number of nitriles is 1. The lowest BCUT2D eigenvalue weighted by atomic mass is 10.0. The molecule has 2 unspecified atom stereocenters. The average molecular weight is 302 g/mol. The molecule has 4 heteroatoms. The van der Waals surface area contributed by atoms with Gasteiger partial charge in [-0.05, 0) is 50.8 Å². The quantitative estimate of drug-likeness (QED) is 0.878. The predicted molar refractivity (Wildman–Crippen MR) is 86.4 cm³/mol. The van der Waals surface area contributed by atoms with E-state index in [0.29, 0.717) is 18.2 Å². The SMILES string of the molecule is CC(C)N(CC1CCCCO1)CC(O)c1ccc(C#N)cc1. The van der Waals surface area contributed by atoms with E-state index < -0.39 is 6.10 Å². The molecule has 0 aromatic heterocycles. The van der Waals surface area contributed by atoms with E-state index in [1.54, 1.807) is 12.1 Å². The highest BCUT2D eigenvalue weighted by atomic mass is 16.5. The maximum absolute atomic E-state index is 10.5. The molecular weight excluding hydrogens is 276 g/mol. The second-order valence-electron chi connectivity index (χ2n) is 6.29. The number of rotatable bonds is 6. The highest BCUT2D eigenvalue weighted by molar-refractivity contribution is 5.32. The molecular formula is C18H26N2O2. The maximum atomic E-state index is 10.5. The molecule has 0 aliphatic carbocycles. The molecule has 0 spiro atoms. The summed E-state index contributed by atoms with van der Waals surface area (Å²) in [4.78, 5) is 2.28. The summed E-state index contributed by atoms with van der Waals surface area (Å²) in [5, 5.41) is 19.3. The van der Waals surface area contributed by atoms with Gasteiger partial charge in [-0.15, -0.1) is 0 Å². The van der Waals surface area contributed by atoms with Crippen LogP contribution in [0.3, 0.4) is 0 Å². The minimum Gasteiger partial charge on any atom is -0.387 e. The minimum atomic E-state index is -0.543. The first-order valence-electron chi connectivity index (χ1n) is 8.14. The van der Waals surface area contributed by atoms with Crippen LogP contribution in [0.5, 0.6) is 0 Å². The van der Waals surface area contributed by atoms with Gasteiger partial charge in [0, 0.05) is 25.7 Å². The van der Waals surface area contributed by atoms with Crippen molar-refractivity contribution >= 4 is 0 Å². The van der Waals surface area contributed by atoms with Gasteiger partial charge in [-0.1, -0.05) is 12.1 Å². The van der Waals surface area contributed by atoms with Crippen molar-refractivity contribution in [2.75, 3.05) is 19.7 Å². The van der Waals surface area contributed by atoms with E-state index in [0.717, 1.165) is 31.6 Å². The Morgan fingerprint density at radius 1 is 1.32 bits per heavy atom. The molecule has 0 bridgehead atoms. The Balaban J connectivity index is 1.95. The van der Waals surface area contributed by atoms with Crippen molar-refractivity contribution in [1.82, 2.24) is 4.90 Å². The lowest BCUT2D eigenvalue weighted by molar-refractivity contribution is -0.0203. The molecule has 1 saturated heterocycles. The van der Waals surface area contributed by atoms with Gasteiger partial charge >= 0.3 is 0 Å². The summed E-state index contributed by atoms with van der Waals surface area (Å²) in [5.74, 6) is 0. The zero-order chi connectivity index (χ0) is 15.9. The average Bonchev–Trinajstić information content (AvgIpc) is 2.55. The Hall–Kier alpha value is -1.41. The standard InChI is InChI=1S/C18H26N2O2/c1-14(2)20(12-17-5-3-4-10-22-17)13-18(21)16-8-6-15(11-19)7-9-16/h6-9,14,17-18,21H,3-5,10,12-13H2,1-2H3. The maximum Gasteiger partial charge on any atom is 0.0991 e. The van der Waals surface area contributed by atoms with Gasteiger partial charge in [-0.2, -0.15) is 5.26 Å². The van der Waals surface area contributed by atoms with Gasteiger partial charge in [-0.3, -0.25) is 4.90 Å². The Morgan fingerprint density at radius 3 is 2.59 bits per heavy atom. The van der Waals surface area contributed by atoms with Crippen molar-refractivity contribution in [3.05, 3.63) is 35.4 Å². The van der Waals surface area contributed by atoms with E-state index in [2.05, 4.69) is 24.8 Å². The molecule has 1 aromatic rings. The molecule has 1 fully saturated rings. The molecule has 1 aromatic carbocycles. The van der Waals surface area contributed by atoms with E-state index >= 15 is 0 Å². The third kappa shape index (κ3) is 4.81. The lowest BCUT2D eigenvalue weighted by Gasteiger charge is -2.33. The molecule has 2 atom stereocenters. The van der Waals surface area contributed by atoms with Crippen LogP contribution in [0.4, 0.5) is 0 Å². The van der Waals surface area contributed by atoms with Crippen LogP contribution < -0.4 is 0 Å². The van der Waals surface area contributed by atoms with Crippen molar-refractivity contribution in [3.8, 4) is 6.07 Å². The summed E-state index contributed by atoms with van der Waals surface area (Å²) < 4.78 is 5.82. The second-order valence-corrected chi connectivity index (χ2v) is 6.29. The predicted octanol–water partition coefficient (Wildman–Crippen LogP) is 2.87. The summed E-state index contributed by atoms with van der Waals surface area (Å²) in [6.45, 7) is 6.60. The molecule has 0 amide bonds. The van der Waals surface area contributed by atoms with Crippen LogP contribution in [0.2, 0.25) is 0 Å². The van der Waals surface area contributed by atoms with E-state index in [1.165, 1.54) is 6.42 Å². The van der Waals surface area contributed by atoms with Gasteiger partial charge in [0.25, 0.3) is 0 Å². The van der Waals surface area contributed by atoms with Crippen LogP contribution in [-0.4, -0.2) is 41.8 Å². The largest absolute Gasteiger partial charge is 0.387 e. The normalized spacial score (nSPS) is 20.1. The van der Waals surface area contributed by atoms with Gasteiger partial charge in [0.1, 0.15) is 0 Å². The number of aliphatic hydroxyl groups is 1. The zero-order valence-corrected chi connectivity index (χ0v) is 13.5. The fraction of sp³-hybridized carbons (Fsp3) is 0.611. The van der Waals surface area contributed by atoms with Gasteiger partial charge in [0.2, 0.25) is 0 Å². The van der Waals surface area contributed by atoms with Crippen molar-refractivity contribution < 1.29 is 9.84 Å². The number of aliphatic hydroxyl groups excluding tert-OH is 1. The highest BCUT2D eigenvalue weighted by Gasteiger charge is 2.22. The highest BCUT2D eigenvalue weighted by Crippen LogP contribution is 2.19. The summed E-state index contributed by atoms with van der Waals surface area (Å²) in [6.07, 6.45) is 3.24. The minimum absolute atomic E-state index is 0.282. The van der Waals surface area contributed by atoms with Gasteiger partial charge < -0.3 is 9.84 Å². The smallest absolute Gasteiger partial charge is 0.0991 e. The van der Waals surface area contributed by atoms with Gasteiger partial charge in [0.15, 0.2) is 0 Å². The fourth-order valence-electron chi connectivity index (χ4n) is 2.82. The molecule has 0 radical (unpaired) electrons. The summed E-state index contributed by atoms with van der Waals surface area (Å²) in [6, 6.07) is 9.63. The number of hydrogen-bond acceptors (Lipinski definition) is 4. The summed E-state index contributed by atoms with van der Waals surface area (Å²) in [5.41, 5.74) is 1.47. The lowest BCUT2D eigenvalue weighted by Crippen LogP contribution is -2.42. The number of ether oxygens (including phenoxy) is 1. The van der Waals surface area contributed by atoms with Crippen LogP contribution in [0.15, 0.2) is 24.3 Å². The van der Waals surface area contributed by atoms with Crippen molar-refractivity contribution in [1.29, 1.82) is 5.26 Å². The van der Waals surface area contributed by atoms with E-state index in [9.17, 15) is 5.11 Å². The first-order valence-corrected chi connectivity index (χ1v) is 8.14. The molecule has 1 heterocycles. The first-order chi connectivity index (χ1) is 10.6. The van der Waals surface area contributed by atoms with Crippen LogP contribution in [0.1, 0.15) is 50.3 Å². The van der Waals surface area contributed by atoms with Gasteiger partial charge in [0.05, 0.1) is 23.8 Å². The van der Waals surface area contributed by atoms with Crippen LogP contribution in [0, 0.1) is 11.3 Å². The second kappa shape index (κ2) is 8.28. The fourth-order valence-corrected chi connectivity index (χ4v) is 2.82. The Kier molecular flexibility index (Phi) is 6.38. The van der Waals surface area contributed by atoms with Crippen LogP contribution in [-0.2, 0) is 4.74 Å². The molecule has 1 aliphatic rings. The Bertz CT molecular complexity index is 487. The molecule has 1 aliphatic heterocycles. The zero-order valence-electron chi connectivity index (χ0n) is 13.5. The third-order valence-electron chi connectivity index (χ3n) is 4.27. The van der Waals surface area contributed by atoms with Crippen molar-refractivity contribution in [2.45, 2.75) is 51.4 Å². The first kappa shape index (κ1) is 17.0. The van der Waals surface area contributed by atoms with Crippen LogP contribution in [0.25, 0.3) is 0 Å². The van der Waals surface area contributed by atoms with E-state index in [-0.39, 0.29) is 6.10 Å². The molecule has 120 valence electrons. The van der Waals surface area contributed by atoms with E-state index in [4.69, 9.17) is 10.00 Å². The topological polar surface area (TPSA) is 56.5 Å². The number of nitrogens with zero attached hydrogens (tertiary/aromatic N) is 2. The van der Waals surface area contributed by atoms with E-state index in [1.807, 2.05) is 12.1 Å².